The van der Waals surface area contributed by atoms with E-state index in [0.717, 1.165) is 44.9 Å². The normalized spacial score (nSPS) is 33.8. The lowest BCUT2D eigenvalue weighted by molar-refractivity contribution is 0.236. The van der Waals surface area contributed by atoms with Crippen molar-refractivity contribution in [3.8, 4) is 0 Å². The molecule has 118 valence electrons. The van der Waals surface area contributed by atoms with Crippen molar-refractivity contribution in [3.63, 3.8) is 0 Å². The van der Waals surface area contributed by atoms with Gasteiger partial charge in [0.15, 0.2) is 0 Å². The van der Waals surface area contributed by atoms with E-state index in [-0.39, 0.29) is 5.54 Å². The predicted octanol–water partition coefficient (Wildman–Crippen LogP) is 3.04. The first-order chi connectivity index (χ1) is 9.47. The lowest BCUT2D eigenvalue weighted by atomic mass is 9.78. The highest BCUT2D eigenvalue weighted by atomic mass is 79.9. The summed E-state index contributed by atoms with van der Waals surface area (Å²) in [4.78, 5) is 0. The fraction of sp³-hybridized carbons (Fsp3) is 1.00. The number of nitrogens with one attached hydrogen (secondary N) is 1. The van der Waals surface area contributed by atoms with Crippen LogP contribution in [0.1, 0.15) is 58.3 Å². The van der Waals surface area contributed by atoms with Gasteiger partial charge in [-0.3, -0.25) is 0 Å². The fourth-order valence-electron chi connectivity index (χ4n) is 3.52. The van der Waals surface area contributed by atoms with Gasteiger partial charge in [-0.2, -0.15) is 17.4 Å². The first-order valence-corrected chi connectivity index (χ1v) is 10.4. The lowest BCUT2D eigenvalue weighted by Gasteiger charge is -2.40. The van der Waals surface area contributed by atoms with Crippen LogP contribution in [-0.2, 0) is 10.2 Å². The highest BCUT2D eigenvalue weighted by molar-refractivity contribution is 9.09. The molecule has 2 aliphatic rings. The standard InChI is InChI=1S/C14H27BrN2O2S/c1-13-7-6-8-14(11-13,12-15)16-20(18,19)17-9-4-2-3-5-10-17/h13,16H,2-12H2,1H3. The maximum atomic E-state index is 12.7. The SMILES string of the molecule is CC1CCCC(CBr)(NS(=O)(=O)N2CCCCCC2)C1. The number of halogens is 1. The Morgan fingerprint density at radius 1 is 1.20 bits per heavy atom. The Kier molecular flexibility index (Phi) is 5.91. The van der Waals surface area contributed by atoms with Gasteiger partial charge in [-0.25, -0.2) is 0 Å². The second-order valence-electron chi connectivity index (χ2n) is 6.54. The Balaban J connectivity index is 2.08. The van der Waals surface area contributed by atoms with Crippen molar-refractivity contribution in [1.82, 2.24) is 9.03 Å². The van der Waals surface area contributed by atoms with Gasteiger partial charge < -0.3 is 0 Å². The van der Waals surface area contributed by atoms with E-state index in [2.05, 4.69) is 27.6 Å². The van der Waals surface area contributed by atoms with Crippen LogP contribution in [0.15, 0.2) is 0 Å². The molecule has 1 N–H and O–H groups in total. The minimum Gasteiger partial charge on any atom is -0.195 e. The smallest absolute Gasteiger partial charge is 0.195 e. The second kappa shape index (κ2) is 7.07. The maximum Gasteiger partial charge on any atom is 0.279 e. The highest BCUT2D eigenvalue weighted by Gasteiger charge is 2.39. The zero-order valence-electron chi connectivity index (χ0n) is 12.4. The summed E-state index contributed by atoms with van der Waals surface area (Å²) in [6.45, 7) is 3.56. The van der Waals surface area contributed by atoms with Crippen molar-refractivity contribution in [3.05, 3.63) is 0 Å². The van der Waals surface area contributed by atoms with E-state index in [9.17, 15) is 8.42 Å². The molecule has 1 saturated heterocycles. The summed E-state index contributed by atoms with van der Waals surface area (Å²) in [7, 11) is -3.35. The summed E-state index contributed by atoms with van der Waals surface area (Å²) in [5.41, 5.74) is -0.289. The third kappa shape index (κ3) is 4.18. The molecule has 2 rings (SSSR count). The molecule has 2 atom stereocenters. The summed E-state index contributed by atoms with van der Waals surface area (Å²) < 4.78 is 30.0. The van der Waals surface area contributed by atoms with Crippen LogP contribution < -0.4 is 4.72 Å². The van der Waals surface area contributed by atoms with E-state index < -0.39 is 10.2 Å². The van der Waals surface area contributed by atoms with Gasteiger partial charge in [0.25, 0.3) is 10.2 Å². The van der Waals surface area contributed by atoms with Gasteiger partial charge in [-0.1, -0.05) is 48.5 Å². The monoisotopic (exact) mass is 366 g/mol. The van der Waals surface area contributed by atoms with Crippen LogP contribution in [0.5, 0.6) is 0 Å². The molecule has 1 aliphatic heterocycles. The van der Waals surface area contributed by atoms with Crippen molar-refractivity contribution in [2.75, 3.05) is 18.4 Å². The summed E-state index contributed by atoms with van der Waals surface area (Å²) in [6.07, 6.45) is 8.45. The van der Waals surface area contributed by atoms with Crippen molar-refractivity contribution >= 4 is 26.1 Å². The molecule has 0 amide bonds. The van der Waals surface area contributed by atoms with Crippen molar-refractivity contribution < 1.29 is 8.42 Å². The molecule has 4 nitrogen and oxygen atoms in total. The molecule has 0 radical (unpaired) electrons. The van der Waals surface area contributed by atoms with Gasteiger partial charge >= 0.3 is 0 Å². The topological polar surface area (TPSA) is 49.4 Å². The van der Waals surface area contributed by atoms with Crippen LogP contribution in [0, 0.1) is 5.92 Å². The largest absolute Gasteiger partial charge is 0.279 e. The van der Waals surface area contributed by atoms with E-state index in [1.54, 1.807) is 4.31 Å². The Morgan fingerprint density at radius 3 is 2.40 bits per heavy atom. The van der Waals surface area contributed by atoms with E-state index in [4.69, 9.17) is 0 Å². The Hall–Kier alpha value is 0.350. The van der Waals surface area contributed by atoms with Crippen molar-refractivity contribution in [2.45, 2.75) is 63.8 Å². The van der Waals surface area contributed by atoms with Crippen LogP contribution >= 0.6 is 15.9 Å². The number of alkyl halides is 1. The molecular weight excluding hydrogens is 340 g/mol. The van der Waals surface area contributed by atoms with Gasteiger partial charge in [0, 0.05) is 24.0 Å². The van der Waals surface area contributed by atoms with E-state index in [1.807, 2.05) is 0 Å². The average molecular weight is 367 g/mol. The lowest BCUT2D eigenvalue weighted by Crippen LogP contribution is -2.56. The van der Waals surface area contributed by atoms with Gasteiger partial charge in [-0.05, 0) is 31.6 Å². The van der Waals surface area contributed by atoms with Gasteiger partial charge in [0.05, 0.1) is 0 Å². The van der Waals surface area contributed by atoms with Crippen LogP contribution in [0.25, 0.3) is 0 Å². The highest BCUT2D eigenvalue weighted by Crippen LogP contribution is 2.34. The third-order valence-electron chi connectivity index (χ3n) is 4.60. The molecule has 20 heavy (non-hydrogen) atoms. The summed E-state index contributed by atoms with van der Waals surface area (Å²) in [5.74, 6) is 0.591. The number of nitrogens with zero attached hydrogens (tertiary/aromatic N) is 1. The van der Waals surface area contributed by atoms with E-state index in [0.29, 0.717) is 24.3 Å². The molecule has 2 fully saturated rings. The maximum absolute atomic E-state index is 12.7. The Morgan fingerprint density at radius 2 is 1.85 bits per heavy atom. The van der Waals surface area contributed by atoms with Gasteiger partial charge in [0.1, 0.15) is 0 Å². The molecular formula is C14H27BrN2O2S. The summed E-state index contributed by atoms with van der Waals surface area (Å²) in [5, 5.41) is 0.706. The molecule has 1 saturated carbocycles. The van der Waals surface area contributed by atoms with Gasteiger partial charge in [0.2, 0.25) is 0 Å². The van der Waals surface area contributed by atoms with E-state index in [1.165, 1.54) is 6.42 Å². The zero-order chi connectivity index (χ0) is 14.6. The summed E-state index contributed by atoms with van der Waals surface area (Å²) >= 11 is 3.54. The Bertz CT molecular complexity index is 407. The minimum atomic E-state index is -3.35. The first kappa shape index (κ1) is 16.7. The molecule has 1 aliphatic carbocycles. The third-order valence-corrected chi connectivity index (χ3v) is 7.41. The molecule has 0 bridgehead atoms. The predicted molar refractivity (Wildman–Crippen MR) is 86.3 cm³/mol. The van der Waals surface area contributed by atoms with Crippen LogP contribution in [-0.4, -0.2) is 36.7 Å². The number of rotatable bonds is 4. The van der Waals surface area contributed by atoms with Crippen LogP contribution in [0.3, 0.4) is 0 Å². The molecule has 0 aromatic heterocycles. The number of hydrogen-bond donors (Lipinski definition) is 1. The molecule has 0 aromatic carbocycles. The minimum absolute atomic E-state index is 0.289. The van der Waals surface area contributed by atoms with Crippen LogP contribution in [0.2, 0.25) is 0 Å². The van der Waals surface area contributed by atoms with Crippen molar-refractivity contribution in [1.29, 1.82) is 0 Å². The molecule has 0 spiro atoms. The molecule has 6 heteroatoms. The first-order valence-electron chi connectivity index (χ1n) is 7.82. The molecule has 1 heterocycles. The second-order valence-corrected chi connectivity index (χ2v) is 8.77. The zero-order valence-corrected chi connectivity index (χ0v) is 14.8. The average Bonchev–Trinajstić information content (AvgIpc) is 2.67. The van der Waals surface area contributed by atoms with Gasteiger partial charge in [-0.15, -0.1) is 0 Å². The number of hydrogen-bond acceptors (Lipinski definition) is 2. The van der Waals surface area contributed by atoms with E-state index >= 15 is 0 Å². The molecule has 0 aromatic rings. The summed E-state index contributed by atoms with van der Waals surface area (Å²) in [6, 6.07) is 0. The fourth-order valence-corrected chi connectivity index (χ4v) is 6.03. The Labute approximate surface area is 132 Å². The molecule has 2 unspecified atom stereocenters. The quantitative estimate of drug-likeness (QED) is 0.777. The van der Waals surface area contributed by atoms with Crippen LogP contribution in [0.4, 0.5) is 0 Å². The van der Waals surface area contributed by atoms with Crippen molar-refractivity contribution in [2.24, 2.45) is 5.92 Å².